The summed E-state index contributed by atoms with van der Waals surface area (Å²) < 4.78 is 5.31. The first-order valence-electron chi connectivity index (χ1n) is 6.71. The van der Waals surface area contributed by atoms with E-state index in [4.69, 9.17) is 10.5 Å². The van der Waals surface area contributed by atoms with Crippen LogP contribution in [0.4, 0.5) is 0 Å². The van der Waals surface area contributed by atoms with Gasteiger partial charge in [-0.3, -0.25) is 4.79 Å². The second-order valence-electron chi connectivity index (χ2n) is 5.18. The molecule has 1 aromatic heterocycles. The van der Waals surface area contributed by atoms with Gasteiger partial charge < -0.3 is 15.4 Å². The Morgan fingerprint density at radius 1 is 1.53 bits per heavy atom. The highest BCUT2D eigenvalue weighted by atomic mass is 32.1. The number of thiophene rings is 1. The van der Waals surface area contributed by atoms with Gasteiger partial charge in [0.25, 0.3) is 0 Å². The zero-order valence-electron chi connectivity index (χ0n) is 11.6. The zero-order chi connectivity index (χ0) is 13.8. The van der Waals surface area contributed by atoms with Gasteiger partial charge in [0.2, 0.25) is 5.91 Å². The zero-order valence-corrected chi connectivity index (χ0v) is 12.4. The minimum absolute atomic E-state index is 0.0398. The summed E-state index contributed by atoms with van der Waals surface area (Å²) in [6, 6.07) is 3.76. The molecule has 0 spiro atoms. The number of aryl methyl sites for hydroxylation is 1. The second kappa shape index (κ2) is 6.50. The summed E-state index contributed by atoms with van der Waals surface area (Å²) in [6.45, 7) is 4.16. The lowest BCUT2D eigenvalue weighted by molar-refractivity contribution is -0.133. The fourth-order valence-corrected chi connectivity index (χ4v) is 3.36. The van der Waals surface area contributed by atoms with E-state index in [-0.39, 0.29) is 11.8 Å². The molecule has 0 radical (unpaired) electrons. The van der Waals surface area contributed by atoms with E-state index in [1.54, 1.807) is 16.2 Å². The minimum Gasteiger partial charge on any atom is -0.381 e. The Bertz CT molecular complexity index is 427. The number of amides is 1. The number of likely N-dealkylation sites (N-methyl/N-ethyl adjacent to an activating group) is 1. The molecule has 0 aromatic carbocycles. The first-order valence-corrected chi connectivity index (χ1v) is 7.53. The first kappa shape index (κ1) is 14.5. The van der Waals surface area contributed by atoms with E-state index in [9.17, 15) is 4.79 Å². The maximum absolute atomic E-state index is 12.3. The highest BCUT2D eigenvalue weighted by Crippen LogP contribution is 2.20. The van der Waals surface area contributed by atoms with Crippen molar-refractivity contribution in [3.63, 3.8) is 0 Å². The smallest absolute Gasteiger partial charge is 0.239 e. The van der Waals surface area contributed by atoms with Crippen LogP contribution in [-0.2, 0) is 16.1 Å². The Kier molecular flexibility index (Phi) is 4.96. The van der Waals surface area contributed by atoms with Gasteiger partial charge in [0, 0.05) is 30.0 Å². The van der Waals surface area contributed by atoms with Gasteiger partial charge in [0.1, 0.15) is 0 Å². The summed E-state index contributed by atoms with van der Waals surface area (Å²) in [5.41, 5.74) is 6.11. The molecule has 2 rings (SSSR count). The molecule has 1 atom stereocenters. The molecule has 0 saturated carbocycles. The molecule has 19 heavy (non-hydrogen) atoms. The standard InChI is InChI=1S/C14H22N2O2S/c1-10-3-4-12(19-10)9-16(2)14(17)13(15)11-5-7-18-8-6-11/h3-4,11,13H,5-9,15H2,1-2H3. The van der Waals surface area contributed by atoms with Gasteiger partial charge in [0.15, 0.2) is 0 Å². The summed E-state index contributed by atoms with van der Waals surface area (Å²) in [5, 5.41) is 0. The molecule has 1 aliphatic heterocycles. The van der Waals surface area contributed by atoms with Crippen molar-refractivity contribution in [2.75, 3.05) is 20.3 Å². The average Bonchev–Trinajstić information content (AvgIpc) is 2.83. The molecule has 0 bridgehead atoms. The number of rotatable bonds is 4. The van der Waals surface area contributed by atoms with Crippen LogP contribution in [0.15, 0.2) is 12.1 Å². The van der Waals surface area contributed by atoms with Crippen molar-refractivity contribution >= 4 is 17.2 Å². The van der Waals surface area contributed by atoms with E-state index in [1.807, 2.05) is 7.05 Å². The number of carbonyl (C=O) groups excluding carboxylic acids is 1. The van der Waals surface area contributed by atoms with Crippen LogP contribution in [0.5, 0.6) is 0 Å². The molecule has 2 N–H and O–H groups in total. The van der Waals surface area contributed by atoms with E-state index in [0.717, 1.165) is 26.1 Å². The lowest BCUT2D eigenvalue weighted by atomic mass is 9.91. The molecule has 1 amide bonds. The summed E-state index contributed by atoms with van der Waals surface area (Å²) in [5.74, 6) is 0.298. The fraction of sp³-hybridized carbons (Fsp3) is 0.643. The Balaban J connectivity index is 1.90. The van der Waals surface area contributed by atoms with Crippen LogP contribution < -0.4 is 5.73 Å². The van der Waals surface area contributed by atoms with Gasteiger partial charge in [-0.05, 0) is 37.8 Å². The van der Waals surface area contributed by atoms with Crippen molar-refractivity contribution in [3.8, 4) is 0 Å². The van der Waals surface area contributed by atoms with Crippen molar-refractivity contribution < 1.29 is 9.53 Å². The minimum atomic E-state index is -0.394. The third-order valence-electron chi connectivity index (χ3n) is 3.62. The van der Waals surface area contributed by atoms with E-state index in [0.29, 0.717) is 6.54 Å². The van der Waals surface area contributed by atoms with Crippen molar-refractivity contribution in [1.82, 2.24) is 4.90 Å². The van der Waals surface area contributed by atoms with Crippen molar-refractivity contribution in [1.29, 1.82) is 0 Å². The lowest BCUT2D eigenvalue weighted by Gasteiger charge is -2.29. The molecule has 1 fully saturated rings. The van der Waals surface area contributed by atoms with Gasteiger partial charge in [-0.15, -0.1) is 11.3 Å². The van der Waals surface area contributed by atoms with Crippen LogP contribution in [0.3, 0.4) is 0 Å². The van der Waals surface area contributed by atoms with Crippen LogP contribution in [0.1, 0.15) is 22.6 Å². The number of hydrogen-bond donors (Lipinski definition) is 1. The number of carbonyl (C=O) groups is 1. The van der Waals surface area contributed by atoms with Crippen LogP contribution >= 0.6 is 11.3 Å². The molecule has 1 saturated heterocycles. The number of hydrogen-bond acceptors (Lipinski definition) is 4. The Hall–Kier alpha value is -0.910. The SMILES string of the molecule is Cc1ccc(CN(C)C(=O)C(N)C2CCOCC2)s1. The van der Waals surface area contributed by atoms with Gasteiger partial charge >= 0.3 is 0 Å². The summed E-state index contributed by atoms with van der Waals surface area (Å²) in [4.78, 5) is 16.5. The highest BCUT2D eigenvalue weighted by molar-refractivity contribution is 7.11. The van der Waals surface area contributed by atoms with Crippen LogP contribution in [0.2, 0.25) is 0 Å². The predicted octanol–water partition coefficient (Wildman–Crippen LogP) is 1.77. The number of nitrogens with two attached hydrogens (primary N) is 1. The third kappa shape index (κ3) is 3.78. The molecule has 1 aromatic rings. The molecule has 1 aliphatic rings. The van der Waals surface area contributed by atoms with Crippen molar-refractivity contribution in [2.24, 2.45) is 11.7 Å². The monoisotopic (exact) mass is 282 g/mol. The number of ether oxygens (including phenoxy) is 1. The second-order valence-corrected chi connectivity index (χ2v) is 6.55. The normalized spacial score (nSPS) is 18.3. The van der Waals surface area contributed by atoms with E-state index in [2.05, 4.69) is 19.1 Å². The number of nitrogens with zero attached hydrogens (tertiary/aromatic N) is 1. The van der Waals surface area contributed by atoms with Crippen LogP contribution in [0.25, 0.3) is 0 Å². The largest absolute Gasteiger partial charge is 0.381 e. The first-order chi connectivity index (χ1) is 9.08. The van der Waals surface area contributed by atoms with E-state index >= 15 is 0 Å². The fourth-order valence-electron chi connectivity index (χ4n) is 2.41. The maximum Gasteiger partial charge on any atom is 0.239 e. The molecular formula is C14H22N2O2S. The Labute approximate surface area is 118 Å². The third-order valence-corrected chi connectivity index (χ3v) is 4.61. The molecular weight excluding hydrogens is 260 g/mol. The summed E-state index contributed by atoms with van der Waals surface area (Å²) >= 11 is 1.73. The summed E-state index contributed by atoms with van der Waals surface area (Å²) in [6.07, 6.45) is 1.78. The predicted molar refractivity (Wildman–Crippen MR) is 77.0 cm³/mol. The van der Waals surface area contributed by atoms with E-state index in [1.165, 1.54) is 9.75 Å². The van der Waals surface area contributed by atoms with Gasteiger partial charge in [0.05, 0.1) is 12.6 Å². The molecule has 1 unspecified atom stereocenters. The van der Waals surface area contributed by atoms with Crippen LogP contribution in [-0.4, -0.2) is 37.1 Å². The Morgan fingerprint density at radius 2 is 2.21 bits per heavy atom. The summed E-state index contributed by atoms with van der Waals surface area (Å²) in [7, 11) is 1.83. The highest BCUT2D eigenvalue weighted by Gasteiger charge is 2.28. The van der Waals surface area contributed by atoms with Gasteiger partial charge in [-0.1, -0.05) is 0 Å². The van der Waals surface area contributed by atoms with E-state index < -0.39 is 6.04 Å². The maximum atomic E-state index is 12.3. The molecule has 106 valence electrons. The topological polar surface area (TPSA) is 55.6 Å². The average molecular weight is 282 g/mol. The van der Waals surface area contributed by atoms with Crippen molar-refractivity contribution in [3.05, 3.63) is 21.9 Å². The van der Waals surface area contributed by atoms with Crippen LogP contribution in [0, 0.1) is 12.8 Å². The quantitative estimate of drug-likeness (QED) is 0.915. The Morgan fingerprint density at radius 3 is 2.79 bits per heavy atom. The molecule has 5 heteroatoms. The van der Waals surface area contributed by atoms with Gasteiger partial charge in [-0.25, -0.2) is 0 Å². The lowest BCUT2D eigenvalue weighted by Crippen LogP contribution is -2.47. The van der Waals surface area contributed by atoms with Crippen molar-refractivity contribution in [2.45, 2.75) is 32.4 Å². The van der Waals surface area contributed by atoms with Gasteiger partial charge in [-0.2, -0.15) is 0 Å². The molecule has 2 heterocycles. The molecule has 4 nitrogen and oxygen atoms in total. The molecule has 0 aliphatic carbocycles.